The molecule has 82 valence electrons. The van der Waals surface area contributed by atoms with Crippen LogP contribution in [0.5, 0.6) is 0 Å². The van der Waals surface area contributed by atoms with Crippen molar-refractivity contribution in [2.24, 2.45) is 5.92 Å². The van der Waals surface area contributed by atoms with Crippen LogP contribution in [0.2, 0.25) is 0 Å². The van der Waals surface area contributed by atoms with Crippen LogP contribution >= 0.6 is 0 Å². The Morgan fingerprint density at radius 1 is 1.33 bits per heavy atom. The molecular weight excluding hydrogens is 188 g/mol. The molecule has 0 radical (unpaired) electrons. The minimum atomic E-state index is 0.105. The van der Waals surface area contributed by atoms with Gasteiger partial charge >= 0.3 is 0 Å². The van der Waals surface area contributed by atoms with Crippen molar-refractivity contribution in [3.05, 3.63) is 23.8 Å². The van der Waals surface area contributed by atoms with Gasteiger partial charge < -0.3 is 4.74 Å². The second-order valence-electron chi connectivity index (χ2n) is 5.25. The van der Waals surface area contributed by atoms with Crippen LogP contribution in [-0.2, 0) is 16.6 Å². The van der Waals surface area contributed by atoms with Gasteiger partial charge in [-0.2, -0.15) is 0 Å². The molecule has 1 aliphatic heterocycles. The molecule has 0 N–H and O–H groups in total. The first-order chi connectivity index (χ1) is 7.05. The average molecular weight is 206 g/mol. The minimum absolute atomic E-state index is 0.105. The molecule has 2 heterocycles. The van der Waals surface area contributed by atoms with E-state index >= 15 is 0 Å². The van der Waals surface area contributed by atoms with Gasteiger partial charge in [-0.3, -0.25) is 0 Å². The molecule has 1 aliphatic rings. The molecule has 15 heavy (non-hydrogen) atoms. The molecule has 0 unspecified atom stereocenters. The average Bonchev–Trinajstić information content (AvgIpc) is 2.11. The van der Waals surface area contributed by atoms with E-state index in [2.05, 4.69) is 36.8 Å². The fraction of sp³-hybridized carbons (Fsp3) is 0.667. The van der Waals surface area contributed by atoms with Crippen LogP contribution in [0.25, 0.3) is 0 Å². The first-order valence-electron chi connectivity index (χ1n) is 5.45. The normalized spacial score (nSPS) is 17.5. The van der Waals surface area contributed by atoms with E-state index in [0.29, 0.717) is 5.92 Å². The molecule has 2 rings (SSSR count). The smallest absolute Gasteiger partial charge is 0.115 e. The molecule has 0 spiro atoms. The molecule has 1 saturated heterocycles. The fourth-order valence-corrected chi connectivity index (χ4v) is 1.62. The molecule has 1 aromatic heterocycles. The molecule has 3 heteroatoms. The van der Waals surface area contributed by atoms with E-state index in [1.54, 1.807) is 6.33 Å². The summed E-state index contributed by atoms with van der Waals surface area (Å²) < 4.78 is 5.16. The van der Waals surface area contributed by atoms with Crippen LogP contribution in [0.1, 0.15) is 32.2 Å². The lowest BCUT2D eigenvalue weighted by atomic mass is 9.90. The Kier molecular flexibility index (Phi) is 2.74. The molecule has 0 bridgehead atoms. The zero-order valence-corrected chi connectivity index (χ0v) is 9.66. The van der Waals surface area contributed by atoms with Crippen LogP contribution in [0.4, 0.5) is 0 Å². The Bertz CT molecular complexity index is 340. The van der Waals surface area contributed by atoms with Crippen LogP contribution < -0.4 is 0 Å². The second kappa shape index (κ2) is 3.89. The van der Waals surface area contributed by atoms with E-state index in [0.717, 1.165) is 31.0 Å². The van der Waals surface area contributed by atoms with Gasteiger partial charge in [-0.05, 0) is 12.5 Å². The van der Waals surface area contributed by atoms with E-state index in [1.165, 1.54) is 0 Å². The molecule has 0 amide bonds. The Labute approximate surface area is 90.9 Å². The van der Waals surface area contributed by atoms with E-state index in [4.69, 9.17) is 4.74 Å². The van der Waals surface area contributed by atoms with Crippen molar-refractivity contribution in [2.45, 2.75) is 32.6 Å². The van der Waals surface area contributed by atoms with Crippen molar-refractivity contribution < 1.29 is 4.74 Å². The third kappa shape index (κ3) is 2.53. The van der Waals surface area contributed by atoms with Gasteiger partial charge in [0.25, 0.3) is 0 Å². The predicted octanol–water partition coefficient (Wildman–Crippen LogP) is 1.96. The van der Waals surface area contributed by atoms with E-state index in [1.807, 2.05) is 0 Å². The van der Waals surface area contributed by atoms with Crippen LogP contribution in [0, 0.1) is 5.92 Å². The largest absolute Gasteiger partial charge is 0.381 e. The minimum Gasteiger partial charge on any atom is -0.381 e. The van der Waals surface area contributed by atoms with E-state index in [9.17, 15) is 0 Å². The standard InChI is InChI=1S/C12H18N2O/c1-12(2,3)11-5-10(13-8-14-11)4-9-6-15-7-9/h5,8-9H,4,6-7H2,1-3H3. The zero-order chi connectivity index (χ0) is 10.9. The molecule has 0 atom stereocenters. The van der Waals surface area contributed by atoms with Gasteiger partial charge in [0.05, 0.1) is 13.2 Å². The van der Waals surface area contributed by atoms with Crippen LogP contribution in [-0.4, -0.2) is 23.2 Å². The highest BCUT2D eigenvalue weighted by Crippen LogP contribution is 2.21. The summed E-state index contributed by atoms with van der Waals surface area (Å²) in [7, 11) is 0. The Balaban J connectivity index is 2.11. The first kappa shape index (κ1) is 10.6. The predicted molar refractivity (Wildman–Crippen MR) is 58.7 cm³/mol. The van der Waals surface area contributed by atoms with Gasteiger partial charge in [0.1, 0.15) is 6.33 Å². The molecule has 3 nitrogen and oxygen atoms in total. The van der Waals surface area contributed by atoms with E-state index < -0.39 is 0 Å². The summed E-state index contributed by atoms with van der Waals surface area (Å²) in [6.45, 7) is 8.28. The second-order valence-corrected chi connectivity index (χ2v) is 5.25. The number of ether oxygens (including phenoxy) is 1. The number of rotatable bonds is 2. The Morgan fingerprint density at radius 2 is 2.07 bits per heavy atom. The van der Waals surface area contributed by atoms with Crippen molar-refractivity contribution in [2.75, 3.05) is 13.2 Å². The highest BCUT2D eigenvalue weighted by molar-refractivity contribution is 5.16. The lowest BCUT2D eigenvalue weighted by molar-refractivity contribution is -0.0316. The summed E-state index contributed by atoms with van der Waals surface area (Å²) in [6.07, 6.45) is 2.70. The number of hydrogen-bond donors (Lipinski definition) is 0. The lowest BCUT2D eigenvalue weighted by Crippen LogP contribution is -2.29. The molecule has 0 aromatic carbocycles. The van der Waals surface area contributed by atoms with Gasteiger partial charge in [0.15, 0.2) is 0 Å². The van der Waals surface area contributed by atoms with E-state index in [-0.39, 0.29) is 5.41 Å². The summed E-state index contributed by atoms with van der Waals surface area (Å²) in [5.41, 5.74) is 2.37. The maximum absolute atomic E-state index is 5.16. The van der Waals surface area contributed by atoms with Crippen LogP contribution in [0.3, 0.4) is 0 Å². The number of nitrogens with zero attached hydrogens (tertiary/aromatic N) is 2. The van der Waals surface area contributed by atoms with Crippen molar-refractivity contribution in [3.8, 4) is 0 Å². The number of hydrogen-bond acceptors (Lipinski definition) is 3. The van der Waals surface area contributed by atoms with Crippen molar-refractivity contribution >= 4 is 0 Å². The SMILES string of the molecule is CC(C)(C)c1cc(CC2COC2)ncn1. The fourth-order valence-electron chi connectivity index (χ4n) is 1.62. The van der Waals surface area contributed by atoms with Gasteiger partial charge in [-0.25, -0.2) is 9.97 Å². The topological polar surface area (TPSA) is 35.0 Å². The lowest BCUT2D eigenvalue weighted by Gasteiger charge is -2.26. The quantitative estimate of drug-likeness (QED) is 0.742. The van der Waals surface area contributed by atoms with Crippen LogP contribution in [0.15, 0.2) is 12.4 Å². The number of aromatic nitrogens is 2. The molecular formula is C12H18N2O. The molecule has 1 aromatic rings. The highest BCUT2D eigenvalue weighted by Gasteiger charge is 2.21. The Morgan fingerprint density at radius 3 is 2.60 bits per heavy atom. The summed E-state index contributed by atoms with van der Waals surface area (Å²) >= 11 is 0. The summed E-state index contributed by atoms with van der Waals surface area (Å²) in [4.78, 5) is 8.63. The third-order valence-electron chi connectivity index (χ3n) is 2.70. The first-order valence-corrected chi connectivity index (χ1v) is 5.45. The van der Waals surface area contributed by atoms with Gasteiger partial charge in [-0.1, -0.05) is 20.8 Å². The molecule has 1 fully saturated rings. The monoisotopic (exact) mass is 206 g/mol. The van der Waals surface area contributed by atoms with Crippen molar-refractivity contribution in [3.63, 3.8) is 0 Å². The summed E-state index contributed by atoms with van der Waals surface area (Å²) in [5, 5.41) is 0. The maximum Gasteiger partial charge on any atom is 0.115 e. The summed E-state index contributed by atoms with van der Waals surface area (Å²) in [5.74, 6) is 0.660. The van der Waals surface area contributed by atoms with Gasteiger partial charge in [0.2, 0.25) is 0 Å². The van der Waals surface area contributed by atoms with Crippen molar-refractivity contribution in [1.82, 2.24) is 9.97 Å². The molecule has 0 saturated carbocycles. The third-order valence-corrected chi connectivity index (χ3v) is 2.70. The van der Waals surface area contributed by atoms with Gasteiger partial charge in [0, 0.05) is 22.7 Å². The highest BCUT2D eigenvalue weighted by atomic mass is 16.5. The molecule has 0 aliphatic carbocycles. The summed E-state index contributed by atoms with van der Waals surface area (Å²) in [6, 6.07) is 2.12. The zero-order valence-electron chi connectivity index (χ0n) is 9.66. The van der Waals surface area contributed by atoms with Crippen molar-refractivity contribution in [1.29, 1.82) is 0 Å². The Hall–Kier alpha value is -0.960. The maximum atomic E-state index is 5.16. The van der Waals surface area contributed by atoms with Gasteiger partial charge in [-0.15, -0.1) is 0 Å².